The van der Waals surface area contributed by atoms with Gasteiger partial charge in [0.15, 0.2) is 0 Å². The van der Waals surface area contributed by atoms with Crippen LogP contribution in [-0.4, -0.2) is 56.0 Å². The van der Waals surface area contributed by atoms with Gasteiger partial charge in [0, 0.05) is 49.8 Å². The highest BCUT2D eigenvalue weighted by atomic mass is 32.2. The van der Waals surface area contributed by atoms with Gasteiger partial charge in [0.05, 0.1) is 18.6 Å². The van der Waals surface area contributed by atoms with E-state index in [9.17, 15) is 0 Å². The first-order valence-corrected chi connectivity index (χ1v) is 14.0. The molecule has 1 fully saturated rings. The minimum absolute atomic E-state index is 0.269. The molecule has 3 N–H and O–H groups in total. The molecule has 3 aromatic rings. The number of imidazole rings is 1. The lowest BCUT2D eigenvalue weighted by atomic mass is 10.1. The lowest BCUT2D eigenvalue weighted by Crippen LogP contribution is -2.44. The zero-order valence-electron chi connectivity index (χ0n) is 19.9. The van der Waals surface area contributed by atoms with E-state index in [1.54, 1.807) is 6.33 Å². The van der Waals surface area contributed by atoms with Gasteiger partial charge < -0.3 is 15.6 Å². The molecule has 2 aliphatic heterocycles. The number of H-pyrrole nitrogens is 1. The number of hydrogen-bond acceptors (Lipinski definition) is 5. The van der Waals surface area contributed by atoms with Crippen LogP contribution in [-0.2, 0) is 19.5 Å². The number of nitrogens with one attached hydrogen (secondary N) is 1. The molecule has 1 aromatic heterocycles. The molecule has 0 spiro atoms. The van der Waals surface area contributed by atoms with E-state index < -0.39 is 9.58 Å². The molecular weight excluding hydrogens is 440 g/mol. The molecule has 180 valence electrons. The third-order valence-corrected chi connectivity index (χ3v) is 9.70. The molecule has 7 heteroatoms. The summed E-state index contributed by atoms with van der Waals surface area (Å²) in [6, 6.07) is 17.4. The minimum Gasteiger partial charge on any atom is -0.399 e. The maximum atomic E-state index is 6.28. The van der Waals surface area contributed by atoms with E-state index in [-0.39, 0.29) is 6.04 Å². The van der Waals surface area contributed by atoms with Crippen molar-refractivity contribution in [3.8, 4) is 0 Å². The molecule has 5 rings (SSSR count). The summed E-state index contributed by atoms with van der Waals surface area (Å²) < 4.78 is 5.17. The number of benzene rings is 2. The predicted octanol–water partition coefficient (Wildman–Crippen LogP) is 4.41. The van der Waals surface area contributed by atoms with E-state index >= 15 is 0 Å². The third-order valence-electron chi connectivity index (χ3n) is 7.07. The van der Waals surface area contributed by atoms with Gasteiger partial charge in [-0.25, -0.2) is 9.29 Å². The van der Waals surface area contributed by atoms with E-state index in [2.05, 4.69) is 65.9 Å². The number of nitrogens with two attached hydrogens (primary N) is 1. The van der Waals surface area contributed by atoms with Gasteiger partial charge in [-0.05, 0) is 48.6 Å². The molecule has 0 radical (unpaired) electrons. The van der Waals surface area contributed by atoms with Gasteiger partial charge >= 0.3 is 0 Å². The van der Waals surface area contributed by atoms with Gasteiger partial charge in [-0.1, -0.05) is 48.5 Å². The topological polar surface area (TPSA) is 64.4 Å². The van der Waals surface area contributed by atoms with Crippen molar-refractivity contribution < 1.29 is 0 Å². The summed E-state index contributed by atoms with van der Waals surface area (Å²) in [6.45, 7) is 4.63. The Morgan fingerprint density at radius 1 is 1.06 bits per heavy atom. The van der Waals surface area contributed by atoms with Crippen LogP contribution in [0.5, 0.6) is 0 Å². The monoisotopic (exact) mass is 476 g/mol. The van der Waals surface area contributed by atoms with Crippen LogP contribution in [0.1, 0.15) is 36.1 Å². The summed E-state index contributed by atoms with van der Waals surface area (Å²) in [5.41, 5.74) is 12.0. The van der Waals surface area contributed by atoms with Gasteiger partial charge in [-0.15, -0.1) is 9.58 Å². The maximum absolute atomic E-state index is 6.28. The van der Waals surface area contributed by atoms with Crippen molar-refractivity contribution in [2.45, 2.75) is 44.8 Å². The molecular formula is C27H36N6S. The normalized spacial score (nSPS) is 20.1. The molecule has 2 aromatic carbocycles. The molecule has 0 bridgehead atoms. The van der Waals surface area contributed by atoms with Crippen molar-refractivity contribution in [1.29, 1.82) is 0 Å². The smallest absolute Gasteiger partial charge is 0.0922 e. The van der Waals surface area contributed by atoms with Crippen molar-refractivity contribution in [2.75, 3.05) is 30.3 Å². The minimum atomic E-state index is -1.64. The molecule has 34 heavy (non-hydrogen) atoms. The van der Waals surface area contributed by atoms with E-state index in [0.29, 0.717) is 0 Å². The fraction of sp³-hybridized carbons (Fsp3) is 0.370. The molecule has 0 aliphatic carbocycles. The summed E-state index contributed by atoms with van der Waals surface area (Å²) in [5.74, 6) is 9.61. The number of aromatic amines is 1. The van der Waals surface area contributed by atoms with Crippen LogP contribution in [0.3, 0.4) is 0 Å². The Labute approximate surface area is 204 Å². The number of aromatic nitrogens is 2. The Morgan fingerprint density at radius 3 is 2.59 bits per heavy atom. The van der Waals surface area contributed by atoms with Crippen molar-refractivity contribution in [3.63, 3.8) is 0 Å². The van der Waals surface area contributed by atoms with Crippen LogP contribution in [0, 0.1) is 0 Å². The lowest BCUT2D eigenvalue weighted by molar-refractivity contribution is 0.310. The van der Waals surface area contributed by atoms with Crippen LogP contribution in [0.15, 0.2) is 61.1 Å². The highest BCUT2D eigenvalue weighted by molar-refractivity contribution is 8.23. The van der Waals surface area contributed by atoms with Crippen LogP contribution >= 0.6 is 9.58 Å². The average Bonchev–Trinajstić information content (AvgIpc) is 3.31. The maximum Gasteiger partial charge on any atom is 0.0922 e. The van der Waals surface area contributed by atoms with Crippen molar-refractivity contribution >= 4 is 32.7 Å². The summed E-state index contributed by atoms with van der Waals surface area (Å²) in [6.07, 6.45) is 8.38. The van der Waals surface area contributed by atoms with Gasteiger partial charge in [-0.2, -0.15) is 0 Å². The second-order valence-electron chi connectivity index (χ2n) is 9.56. The van der Waals surface area contributed by atoms with Gasteiger partial charge in [0.25, 0.3) is 0 Å². The fourth-order valence-electron chi connectivity index (χ4n) is 5.31. The number of piperidine rings is 1. The Bertz CT molecular complexity index is 1180. The zero-order chi connectivity index (χ0) is 23.5. The van der Waals surface area contributed by atoms with Crippen LogP contribution in [0.2, 0.25) is 0 Å². The number of hydrogen-bond donors (Lipinski definition) is 2. The summed E-state index contributed by atoms with van der Waals surface area (Å²) in [7, 11) is -1.64. The first kappa shape index (κ1) is 23.0. The fourth-order valence-corrected chi connectivity index (χ4v) is 7.62. The molecule has 3 heterocycles. The lowest BCUT2D eigenvalue weighted by Gasteiger charge is -2.44. The predicted molar refractivity (Wildman–Crippen MR) is 147 cm³/mol. The molecule has 1 saturated heterocycles. The highest BCUT2D eigenvalue weighted by Crippen LogP contribution is 2.41. The number of nitrogen functional groups attached to an aromatic ring is 1. The van der Waals surface area contributed by atoms with Crippen LogP contribution in [0.4, 0.5) is 11.4 Å². The Hall–Kier alpha value is -2.74. The highest BCUT2D eigenvalue weighted by Gasteiger charge is 2.33. The largest absolute Gasteiger partial charge is 0.399 e. The third kappa shape index (κ3) is 4.87. The van der Waals surface area contributed by atoms with Crippen molar-refractivity contribution in [3.05, 3.63) is 77.9 Å². The molecule has 2 aliphatic rings. The van der Waals surface area contributed by atoms with Gasteiger partial charge in [0.2, 0.25) is 0 Å². The number of nitrogens with zero attached hydrogens (tertiary/aromatic N) is 4. The number of fused-ring (bicyclic) bond motifs is 1. The quantitative estimate of drug-likeness (QED) is 0.408. The van der Waals surface area contributed by atoms with Crippen LogP contribution in [0.25, 0.3) is 0 Å². The van der Waals surface area contributed by atoms with Gasteiger partial charge in [0.1, 0.15) is 0 Å². The molecule has 0 unspecified atom stereocenters. The van der Waals surface area contributed by atoms with E-state index in [1.165, 1.54) is 36.1 Å². The summed E-state index contributed by atoms with van der Waals surface area (Å²) >= 11 is 0. The summed E-state index contributed by atoms with van der Waals surface area (Å²) in [4.78, 5) is 10.0. The second kappa shape index (κ2) is 9.86. The Morgan fingerprint density at radius 2 is 1.85 bits per heavy atom. The standard InChI is InChI=1S/C27H36N6S/c1-34(2,32-13-7-4-8-14-32)33-18-23-16-24(28)11-12-27(23)31(19-25-17-29-21-30-25)20-26(33)15-22-9-5-3-6-10-22/h3,5-6,9-12,16-17,21,26H,1-2,4,7-8,13-15,18-20,28H2,(H,29,30)/t26-/m1/s1. The number of anilines is 2. The van der Waals surface area contributed by atoms with Crippen LogP contribution < -0.4 is 10.6 Å². The Kier molecular flexibility index (Phi) is 6.68. The first-order valence-electron chi connectivity index (χ1n) is 12.2. The SMILES string of the molecule is C=S(=C)(N1CCCCC1)N1Cc2cc(N)ccc2N(Cc2cnc[nH]2)C[C@H]1Cc1ccccc1. The van der Waals surface area contributed by atoms with E-state index in [0.717, 1.165) is 50.5 Å². The first-order chi connectivity index (χ1) is 16.5. The molecule has 0 amide bonds. The second-order valence-corrected chi connectivity index (χ2v) is 12.1. The van der Waals surface area contributed by atoms with Crippen molar-refractivity contribution in [2.24, 2.45) is 0 Å². The molecule has 0 saturated carbocycles. The zero-order valence-corrected chi connectivity index (χ0v) is 20.7. The Balaban J connectivity index is 1.56. The number of rotatable bonds is 6. The van der Waals surface area contributed by atoms with Gasteiger partial charge in [-0.3, -0.25) is 4.31 Å². The summed E-state index contributed by atoms with van der Waals surface area (Å²) in [5, 5.41) is 0. The van der Waals surface area contributed by atoms with E-state index in [1.807, 2.05) is 12.3 Å². The molecule has 1 atom stereocenters. The van der Waals surface area contributed by atoms with E-state index in [4.69, 9.17) is 17.5 Å². The van der Waals surface area contributed by atoms with Crippen molar-refractivity contribution in [1.82, 2.24) is 18.6 Å². The average molecular weight is 477 g/mol. The molecule has 6 nitrogen and oxygen atoms in total.